The van der Waals surface area contributed by atoms with Crippen LogP contribution in [0.2, 0.25) is 0 Å². The third kappa shape index (κ3) is 3.83. The van der Waals surface area contributed by atoms with Crippen LogP contribution in [0.1, 0.15) is 57.9 Å². The zero-order chi connectivity index (χ0) is 17.9. The van der Waals surface area contributed by atoms with Gasteiger partial charge in [0.1, 0.15) is 5.69 Å². The number of aliphatic hydroxyl groups is 1. The van der Waals surface area contributed by atoms with Crippen LogP contribution in [0.3, 0.4) is 0 Å². The average molecular weight is 375 g/mol. The second-order valence-corrected chi connectivity index (χ2v) is 8.61. The number of piperidine rings is 1. The minimum absolute atomic E-state index is 0.0850. The first kappa shape index (κ1) is 17.7. The second-order valence-electron chi connectivity index (χ2n) is 7.47. The molecule has 2 aromatic heterocycles. The normalized spacial score (nSPS) is 20.7. The molecule has 0 aromatic carbocycles. The van der Waals surface area contributed by atoms with Gasteiger partial charge in [-0.1, -0.05) is 11.6 Å². The van der Waals surface area contributed by atoms with E-state index in [9.17, 15) is 4.79 Å². The molecule has 140 valence electrons. The minimum Gasteiger partial charge on any atom is -0.390 e. The number of rotatable bonds is 4. The zero-order valence-corrected chi connectivity index (χ0v) is 15.9. The number of carbonyl (C=O) groups excluding carboxylic acids is 1. The maximum atomic E-state index is 13.0. The molecule has 1 aliphatic carbocycles. The number of aliphatic hydroxyl groups excluding tert-OH is 1. The molecule has 2 aromatic rings. The molecule has 1 atom stereocenters. The minimum atomic E-state index is -0.0850. The third-order valence-corrected chi connectivity index (χ3v) is 6.68. The fourth-order valence-corrected chi connectivity index (χ4v) is 5.31. The molecule has 2 aliphatic rings. The second kappa shape index (κ2) is 7.88. The van der Waals surface area contributed by atoms with E-state index in [0.29, 0.717) is 11.6 Å². The predicted octanol–water partition coefficient (Wildman–Crippen LogP) is 2.65. The topological polar surface area (TPSA) is 71.2 Å². The number of aromatic nitrogens is 3. The quantitative estimate of drug-likeness (QED) is 0.835. The highest BCUT2D eigenvalue weighted by atomic mass is 32.1. The molecule has 1 saturated heterocycles. The molecule has 1 aliphatic heterocycles. The van der Waals surface area contributed by atoms with E-state index < -0.39 is 0 Å². The average Bonchev–Trinajstić information content (AvgIpc) is 3.23. The Labute approximate surface area is 157 Å². The summed E-state index contributed by atoms with van der Waals surface area (Å²) in [4.78, 5) is 17.4. The molecule has 7 heteroatoms. The van der Waals surface area contributed by atoms with Gasteiger partial charge < -0.3 is 10.0 Å². The Balaban J connectivity index is 1.41. The molecule has 0 spiro atoms. The number of hydrogen-bond acceptors (Lipinski definition) is 5. The molecule has 4 rings (SSSR count). The molecule has 1 amide bonds. The van der Waals surface area contributed by atoms with Gasteiger partial charge in [0.25, 0.3) is 5.91 Å². The Morgan fingerprint density at radius 3 is 3.00 bits per heavy atom. The highest BCUT2D eigenvalue weighted by molar-refractivity contribution is 7.14. The van der Waals surface area contributed by atoms with Crippen molar-refractivity contribution in [1.29, 1.82) is 0 Å². The summed E-state index contributed by atoms with van der Waals surface area (Å²) in [6, 6.07) is 2.15. The van der Waals surface area contributed by atoms with Gasteiger partial charge in [-0.2, -0.15) is 0 Å². The summed E-state index contributed by atoms with van der Waals surface area (Å²) >= 11 is 1.72. The lowest BCUT2D eigenvalue weighted by Gasteiger charge is -2.32. The largest absolute Gasteiger partial charge is 0.390 e. The van der Waals surface area contributed by atoms with Crippen molar-refractivity contribution in [2.24, 2.45) is 5.92 Å². The molecule has 1 fully saturated rings. The van der Waals surface area contributed by atoms with Crippen molar-refractivity contribution in [3.05, 3.63) is 33.3 Å². The number of fused-ring (bicyclic) bond motifs is 1. The summed E-state index contributed by atoms with van der Waals surface area (Å²) in [6.07, 6.45) is 9.98. The van der Waals surface area contributed by atoms with Crippen LogP contribution in [0.25, 0.3) is 0 Å². The molecule has 6 nitrogen and oxygen atoms in total. The van der Waals surface area contributed by atoms with Crippen LogP contribution in [0.4, 0.5) is 0 Å². The summed E-state index contributed by atoms with van der Waals surface area (Å²) in [5.74, 6) is 0.584. The van der Waals surface area contributed by atoms with Gasteiger partial charge in [0.15, 0.2) is 0 Å². The Morgan fingerprint density at radius 1 is 1.27 bits per heavy atom. The smallest absolute Gasteiger partial charge is 0.263 e. The highest BCUT2D eigenvalue weighted by Crippen LogP contribution is 2.30. The Morgan fingerprint density at radius 2 is 2.15 bits per heavy atom. The van der Waals surface area contributed by atoms with E-state index in [-0.39, 0.29) is 12.5 Å². The van der Waals surface area contributed by atoms with Crippen LogP contribution in [-0.4, -0.2) is 44.0 Å². The number of hydrogen-bond donors (Lipinski definition) is 1. The van der Waals surface area contributed by atoms with Gasteiger partial charge in [0.2, 0.25) is 0 Å². The Hall–Kier alpha value is -1.73. The SMILES string of the molecule is O=C(c1cc2c(s1)CCCCC2)N1CCC[C@H](Cn2cc(CO)nn2)C1. The van der Waals surface area contributed by atoms with Crippen molar-refractivity contribution in [3.8, 4) is 0 Å². The van der Waals surface area contributed by atoms with E-state index in [1.54, 1.807) is 22.2 Å². The summed E-state index contributed by atoms with van der Waals surface area (Å²) in [5.41, 5.74) is 2.00. The third-order valence-electron chi connectivity index (χ3n) is 5.46. The summed E-state index contributed by atoms with van der Waals surface area (Å²) < 4.78 is 1.79. The van der Waals surface area contributed by atoms with Crippen molar-refractivity contribution < 1.29 is 9.90 Å². The molecule has 0 bridgehead atoms. The lowest BCUT2D eigenvalue weighted by atomic mass is 9.98. The fraction of sp³-hybridized carbons (Fsp3) is 0.632. The molecule has 1 N–H and O–H groups in total. The first-order chi connectivity index (χ1) is 12.7. The first-order valence-electron chi connectivity index (χ1n) is 9.63. The van der Waals surface area contributed by atoms with Crippen molar-refractivity contribution >= 4 is 17.2 Å². The van der Waals surface area contributed by atoms with Crippen LogP contribution < -0.4 is 0 Å². The van der Waals surface area contributed by atoms with Crippen LogP contribution >= 0.6 is 11.3 Å². The number of nitrogens with zero attached hydrogens (tertiary/aromatic N) is 4. The number of aryl methyl sites for hydroxylation is 2. The highest BCUT2D eigenvalue weighted by Gasteiger charge is 2.27. The van der Waals surface area contributed by atoms with Gasteiger partial charge in [0.05, 0.1) is 17.7 Å². The van der Waals surface area contributed by atoms with E-state index in [0.717, 1.165) is 50.2 Å². The number of thiophene rings is 1. The number of carbonyl (C=O) groups is 1. The van der Waals surface area contributed by atoms with E-state index in [4.69, 9.17) is 5.11 Å². The molecule has 3 heterocycles. The lowest BCUT2D eigenvalue weighted by Crippen LogP contribution is -2.40. The lowest BCUT2D eigenvalue weighted by molar-refractivity contribution is 0.0664. The Kier molecular flexibility index (Phi) is 5.36. The van der Waals surface area contributed by atoms with Gasteiger partial charge in [-0.3, -0.25) is 9.48 Å². The number of likely N-dealkylation sites (tertiary alicyclic amines) is 1. The van der Waals surface area contributed by atoms with Crippen LogP contribution in [0, 0.1) is 5.92 Å². The monoisotopic (exact) mass is 374 g/mol. The molecule has 0 unspecified atom stereocenters. The van der Waals surface area contributed by atoms with Crippen LogP contribution in [0.5, 0.6) is 0 Å². The van der Waals surface area contributed by atoms with Crippen molar-refractivity contribution in [2.75, 3.05) is 13.1 Å². The summed E-state index contributed by atoms with van der Waals surface area (Å²) in [6.45, 7) is 2.28. The Bertz CT molecular complexity index is 746. The van der Waals surface area contributed by atoms with Gasteiger partial charge in [-0.05, 0) is 56.1 Å². The van der Waals surface area contributed by atoms with Crippen LogP contribution in [-0.2, 0) is 26.0 Å². The fourth-order valence-electron chi connectivity index (χ4n) is 4.09. The molecule has 0 radical (unpaired) electrons. The maximum absolute atomic E-state index is 13.0. The van der Waals surface area contributed by atoms with E-state index >= 15 is 0 Å². The van der Waals surface area contributed by atoms with E-state index in [2.05, 4.69) is 16.4 Å². The van der Waals surface area contributed by atoms with Crippen molar-refractivity contribution in [1.82, 2.24) is 19.9 Å². The van der Waals surface area contributed by atoms with Crippen LogP contribution in [0.15, 0.2) is 12.3 Å². The van der Waals surface area contributed by atoms with Crippen molar-refractivity contribution in [2.45, 2.75) is 58.1 Å². The predicted molar refractivity (Wildman–Crippen MR) is 100 cm³/mol. The van der Waals surface area contributed by atoms with E-state index in [1.165, 1.54) is 29.7 Å². The first-order valence-corrected chi connectivity index (χ1v) is 10.5. The van der Waals surface area contributed by atoms with Gasteiger partial charge >= 0.3 is 0 Å². The summed E-state index contributed by atoms with van der Waals surface area (Å²) in [7, 11) is 0. The maximum Gasteiger partial charge on any atom is 0.263 e. The molecule has 0 saturated carbocycles. The molecular formula is C19H26N4O2S. The molecule has 26 heavy (non-hydrogen) atoms. The standard InChI is InChI=1S/C19H26N4O2S/c24-13-16-12-23(21-20-16)11-14-5-4-8-22(10-14)19(25)18-9-15-6-2-1-3-7-17(15)26-18/h9,12,14,24H,1-8,10-11,13H2/t14-/m0/s1. The molecular weight excluding hydrogens is 348 g/mol. The van der Waals surface area contributed by atoms with Gasteiger partial charge in [-0.15, -0.1) is 16.4 Å². The summed E-state index contributed by atoms with van der Waals surface area (Å²) in [5, 5.41) is 17.1. The number of amides is 1. The van der Waals surface area contributed by atoms with Crippen molar-refractivity contribution in [3.63, 3.8) is 0 Å². The zero-order valence-electron chi connectivity index (χ0n) is 15.1. The van der Waals surface area contributed by atoms with Gasteiger partial charge in [0, 0.05) is 24.5 Å². The van der Waals surface area contributed by atoms with E-state index in [1.807, 2.05) is 4.90 Å². The van der Waals surface area contributed by atoms with Gasteiger partial charge in [-0.25, -0.2) is 0 Å².